The highest BCUT2D eigenvalue weighted by Crippen LogP contribution is 2.71. The van der Waals surface area contributed by atoms with E-state index in [4.69, 9.17) is 28.2 Å². The summed E-state index contributed by atoms with van der Waals surface area (Å²) in [5.41, 5.74) is -2.58. The first kappa shape index (κ1) is 29.1. The number of hydrogen-bond donors (Lipinski definition) is 1. The number of Topliss-reactive ketones (excluding diaryl/α,β-unsaturated/α-hetero) is 1. The molecule has 1 aromatic carbocycles. The monoisotopic (exact) mass is 607 g/mol. The molecule has 1 atom stereocenters. The van der Waals surface area contributed by atoms with Crippen molar-refractivity contribution in [1.29, 1.82) is 0 Å². The Bertz CT molecular complexity index is 1310. The molecule has 2 bridgehead atoms. The van der Waals surface area contributed by atoms with Crippen molar-refractivity contribution in [2.24, 2.45) is 15.8 Å². The Morgan fingerprint density at radius 3 is 2.33 bits per heavy atom. The zero-order valence-corrected chi connectivity index (χ0v) is 24.6. The highest BCUT2D eigenvalue weighted by Gasteiger charge is 2.75. The summed E-state index contributed by atoms with van der Waals surface area (Å²) in [6, 6.07) is 4.35. The van der Waals surface area contributed by atoms with Gasteiger partial charge in [-0.15, -0.1) is 0 Å². The van der Waals surface area contributed by atoms with Crippen molar-refractivity contribution in [3.8, 4) is 0 Å². The van der Waals surface area contributed by atoms with Crippen LogP contribution >= 0.6 is 23.2 Å². The highest BCUT2D eigenvalue weighted by molar-refractivity contribution is 7.89. The molecule has 0 aromatic heterocycles. The van der Waals surface area contributed by atoms with E-state index < -0.39 is 38.7 Å². The summed E-state index contributed by atoms with van der Waals surface area (Å²) in [5.74, 6) is 0.420. The van der Waals surface area contributed by atoms with Gasteiger partial charge < -0.3 is 5.32 Å². The summed E-state index contributed by atoms with van der Waals surface area (Å²) in [6.45, 7) is 5.69. The molecule has 1 aromatic rings. The number of halogens is 5. The number of hydrogen-bond acceptors (Lipinski definition) is 5. The minimum atomic E-state index is -4.29. The third-order valence-electron chi connectivity index (χ3n) is 9.13. The van der Waals surface area contributed by atoms with E-state index in [1.54, 1.807) is 22.5 Å². The second-order valence-corrected chi connectivity index (χ2v) is 15.4. The Morgan fingerprint density at radius 2 is 1.79 bits per heavy atom. The first-order chi connectivity index (χ1) is 18.0. The summed E-state index contributed by atoms with van der Waals surface area (Å²) < 4.78 is 68.3. The Balaban J connectivity index is 1.30. The molecule has 216 valence electrons. The van der Waals surface area contributed by atoms with Crippen LogP contribution in [0.5, 0.6) is 0 Å². The van der Waals surface area contributed by atoms with Crippen molar-refractivity contribution in [3.05, 3.63) is 33.8 Å². The van der Waals surface area contributed by atoms with Gasteiger partial charge in [-0.2, -0.15) is 17.5 Å². The van der Waals surface area contributed by atoms with Crippen molar-refractivity contribution in [3.63, 3.8) is 0 Å². The van der Waals surface area contributed by atoms with E-state index >= 15 is 0 Å². The standard InChI is InChI=1S/C27H34Cl2F3N3O3S/c1-4-11-39(37,38)35(13-17-5-6-18(28)19(29)12-17)26-14-24(15-26,16-26)22-33-21(23(2,3)34-22)20(36)7-8-25(9-10-25)27(30,31)32/h5-6,12,21H,4,7-11,13-16H2,1-3H3,(H,33,34)/t21-,24?,26?/m0/s1. The van der Waals surface area contributed by atoms with E-state index in [0.717, 1.165) is 5.56 Å². The van der Waals surface area contributed by atoms with Gasteiger partial charge in [0.25, 0.3) is 0 Å². The average molecular weight is 609 g/mol. The number of ketones is 1. The lowest BCUT2D eigenvalue weighted by atomic mass is 9.38. The zero-order valence-electron chi connectivity index (χ0n) is 22.3. The molecule has 12 heteroatoms. The number of nitrogens with one attached hydrogen (secondary N) is 1. The third-order valence-corrected chi connectivity index (χ3v) is 12.0. The molecule has 4 aliphatic carbocycles. The topological polar surface area (TPSA) is 78.8 Å². The van der Waals surface area contributed by atoms with Crippen molar-refractivity contribution >= 4 is 44.8 Å². The molecular weight excluding hydrogens is 574 g/mol. The van der Waals surface area contributed by atoms with Gasteiger partial charge >= 0.3 is 6.18 Å². The number of nitrogens with zero attached hydrogens (tertiary/aromatic N) is 2. The van der Waals surface area contributed by atoms with E-state index in [2.05, 4.69) is 5.32 Å². The second-order valence-electron chi connectivity index (χ2n) is 12.6. The molecule has 0 radical (unpaired) electrons. The molecule has 0 spiro atoms. The quantitative estimate of drug-likeness (QED) is 0.320. The fourth-order valence-corrected chi connectivity index (χ4v) is 8.94. The van der Waals surface area contributed by atoms with Crippen LogP contribution in [-0.2, 0) is 21.4 Å². The van der Waals surface area contributed by atoms with Gasteiger partial charge in [0.1, 0.15) is 11.9 Å². The Labute approximate surface area is 237 Å². The number of carbonyl (C=O) groups is 1. The van der Waals surface area contributed by atoms with Crippen molar-refractivity contribution in [1.82, 2.24) is 9.62 Å². The van der Waals surface area contributed by atoms with Crippen LogP contribution in [0, 0.1) is 10.8 Å². The molecule has 6 rings (SSSR count). The number of rotatable bonds is 11. The van der Waals surface area contributed by atoms with Gasteiger partial charge in [0.05, 0.1) is 26.8 Å². The van der Waals surface area contributed by atoms with Gasteiger partial charge in [-0.05, 0) is 76.5 Å². The largest absolute Gasteiger partial charge is 0.394 e. The number of alkyl halides is 3. The first-order valence-corrected chi connectivity index (χ1v) is 15.8. The maximum absolute atomic E-state index is 13.4. The number of amidine groups is 1. The molecule has 1 N–H and O–H groups in total. The molecule has 4 fully saturated rings. The smallest absolute Gasteiger partial charge is 0.366 e. The number of carbonyl (C=O) groups excluding carboxylic acids is 1. The SMILES string of the molecule is CCCS(=O)(=O)N(Cc1ccc(Cl)c(Cl)c1)C12CC(C3=N[C@@H](C(=O)CCC4(C(F)(F)F)CC4)C(C)(C)N3)(C1)C2. The third kappa shape index (κ3) is 4.91. The maximum atomic E-state index is 13.4. The van der Waals surface area contributed by atoms with Crippen molar-refractivity contribution in [2.45, 2.75) is 102 Å². The lowest BCUT2D eigenvalue weighted by Crippen LogP contribution is -2.78. The van der Waals surface area contributed by atoms with Crippen LogP contribution < -0.4 is 5.32 Å². The number of benzene rings is 1. The molecular formula is C27H34Cl2F3N3O3S. The molecule has 1 aliphatic heterocycles. The molecule has 39 heavy (non-hydrogen) atoms. The van der Waals surface area contributed by atoms with Crippen molar-refractivity contribution in [2.75, 3.05) is 5.75 Å². The van der Waals surface area contributed by atoms with Crippen molar-refractivity contribution < 1.29 is 26.4 Å². The Kier molecular flexibility index (Phi) is 6.97. The van der Waals surface area contributed by atoms with Gasteiger partial charge in [-0.1, -0.05) is 36.2 Å². The summed E-state index contributed by atoms with van der Waals surface area (Å²) >= 11 is 12.2. The van der Waals surface area contributed by atoms with Gasteiger partial charge in [0.15, 0.2) is 5.78 Å². The second kappa shape index (κ2) is 9.33. The molecule has 1 heterocycles. The van der Waals surface area contributed by atoms with Crippen LogP contribution in [0.2, 0.25) is 10.0 Å². The number of aliphatic imine (C=N–C) groups is 1. The minimum Gasteiger partial charge on any atom is -0.366 e. The summed E-state index contributed by atoms with van der Waals surface area (Å²) in [7, 11) is -3.55. The zero-order chi connectivity index (χ0) is 28.6. The van der Waals surface area contributed by atoms with Gasteiger partial charge in [-0.25, -0.2) is 8.42 Å². The summed E-state index contributed by atoms with van der Waals surface area (Å²) in [4.78, 5) is 17.8. The number of sulfonamides is 1. The molecule has 4 saturated carbocycles. The van der Waals surface area contributed by atoms with Crippen LogP contribution in [-0.4, -0.2) is 53.4 Å². The van der Waals surface area contributed by atoms with E-state index in [9.17, 15) is 26.4 Å². The molecule has 5 aliphatic rings. The normalized spacial score (nSPS) is 30.3. The molecule has 6 nitrogen and oxygen atoms in total. The van der Waals surface area contributed by atoms with Crippen LogP contribution in [0.3, 0.4) is 0 Å². The van der Waals surface area contributed by atoms with E-state index in [-0.39, 0.29) is 49.2 Å². The predicted molar refractivity (Wildman–Crippen MR) is 145 cm³/mol. The lowest BCUT2D eigenvalue weighted by molar-refractivity contribution is -0.189. The predicted octanol–water partition coefficient (Wildman–Crippen LogP) is 6.30. The fourth-order valence-electron chi connectivity index (χ4n) is 6.75. The summed E-state index contributed by atoms with van der Waals surface area (Å²) in [5, 5.41) is 4.14. The van der Waals surface area contributed by atoms with Crippen LogP contribution in [0.15, 0.2) is 23.2 Å². The molecule has 0 saturated heterocycles. The van der Waals surface area contributed by atoms with Crippen LogP contribution in [0.4, 0.5) is 13.2 Å². The highest BCUT2D eigenvalue weighted by atomic mass is 35.5. The molecule has 0 amide bonds. The minimum absolute atomic E-state index is 0.0330. The van der Waals surface area contributed by atoms with E-state index in [0.29, 0.717) is 41.6 Å². The Morgan fingerprint density at radius 1 is 1.15 bits per heavy atom. The maximum Gasteiger partial charge on any atom is 0.394 e. The Hall–Kier alpha value is -1.36. The van der Waals surface area contributed by atoms with Crippen LogP contribution in [0.25, 0.3) is 0 Å². The van der Waals surface area contributed by atoms with E-state index in [1.807, 2.05) is 20.8 Å². The molecule has 0 unspecified atom stereocenters. The van der Waals surface area contributed by atoms with Gasteiger partial charge in [-0.3, -0.25) is 9.79 Å². The van der Waals surface area contributed by atoms with Gasteiger partial charge in [0, 0.05) is 23.9 Å². The van der Waals surface area contributed by atoms with Crippen LogP contribution in [0.1, 0.15) is 77.7 Å². The first-order valence-electron chi connectivity index (χ1n) is 13.4. The lowest BCUT2D eigenvalue weighted by Gasteiger charge is -2.73. The van der Waals surface area contributed by atoms with Gasteiger partial charge in [0.2, 0.25) is 10.0 Å². The van der Waals surface area contributed by atoms with E-state index in [1.165, 1.54) is 0 Å². The summed E-state index contributed by atoms with van der Waals surface area (Å²) in [6.07, 6.45) is -2.27. The fraction of sp³-hybridized carbons (Fsp3) is 0.704. The average Bonchev–Trinajstić information content (AvgIpc) is 3.50.